The van der Waals surface area contributed by atoms with Crippen LogP contribution in [0, 0.1) is 0 Å². The standard InChI is InChI=1S/C25H23ClN4O2/c1-30-22-14-8-7-13-20(22)28-23(30)16-27-24(31)15-21(17-9-3-2-4-10-17)29-25(32)18-11-5-6-12-19(18)26/h2-14,21H,15-16H2,1H3,(H,27,31)(H,29,32). The van der Waals surface area contributed by atoms with E-state index in [0.29, 0.717) is 17.1 Å². The first-order valence-electron chi connectivity index (χ1n) is 10.3. The summed E-state index contributed by atoms with van der Waals surface area (Å²) in [4.78, 5) is 30.2. The average molecular weight is 447 g/mol. The number of fused-ring (bicyclic) bond motifs is 1. The van der Waals surface area contributed by atoms with Crippen LogP contribution >= 0.6 is 11.6 Å². The zero-order valence-corrected chi connectivity index (χ0v) is 18.3. The van der Waals surface area contributed by atoms with Gasteiger partial charge in [0.25, 0.3) is 5.91 Å². The Kier molecular flexibility index (Phi) is 6.52. The number of carbonyl (C=O) groups excluding carboxylic acids is 2. The molecule has 2 amide bonds. The fraction of sp³-hybridized carbons (Fsp3) is 0.160. The van der Waals surface area contributed by atoms with Gasteiger partial charge in [0.1, 0.15) is 5.82 Å². The molecule has 162 valence electrons. The molecule has 2 N–H and O–H groups in total. The van der Waals surface area contributed by atoms with E-state index < -0.39 is 6.04 Å². The van der Waals surface area contributed by atoms with Crippen LogP contribution in [0.2, 0.25) is 5.02 Å². The summed E-state index contributed by atoms with van der Waals surface area (Å²) in [6, 6.07) is 23.6. The Morgan fingerprint density at radius 3 is 2.41 bits per heavy atom. The minimum atomic E-state index is -0.500. The molecule has 0 bridgehead atoms. The fourth-order valence-electron chi connectivity index (χ4n) is 3.61. The van der Waals surface area contributed by atoms with Crippen molar-refractivity contribution >= 4 is 34.4 Å². The second-order valence-corrected chi connectivity index (χ2v) is 7.88. The van der Waals surface area contributed by atoms with E-state index in [4.69, 9.17) is 11.6 Å². The first-order chi connectivity index (χ1) is 15.5. The van der Waals surface area contributed by atoms with Gasteiger partial charge in [0, 0.05) is 7.05 Å². The van der Waals surface area contributed by atoms with Gasteiger partial charge in [-0.25, -0.2) is 4.98 Å². The van der Waals surface area contributed by atoms with Crippen LogP contribution in [0.4, 0.5) is 0 Å². The van der Waals surface area contributed by atoms with E-state index >= 15 is 0 Å². The Labute approximate surface area is 191 Å². The summed E-state index contributed by atoms with van der Waals surface area (Å²) in [5, 5.41) is 6.24. The lowest BCUT2D eigenvalue weighted by Gasteiger charge is -2.19. The number of hydrogen-bond acceptors (Lipinski definition) is 3. The van der Waals surface area contributed by atoms with Crippen LogP contribution in [-0.2, 0) is 18.4 Å². The highest BCUT2D eigenvalue weighted by Crippen LogP contribution is 2.20. The molecule has 4 rings (SSSR count). The van der Waals surface area contributed by atoms with Gasteiger partial charge in [-0.15, -0.1) is 0 Å². The zero-order valence-electron chi connectivity index (χ0n) is 17.6. The van der Waals surface area contributed by atoms with Crippen LogP contribution < -0.4 is 10.6 Å². The summed E-state index contributed by atoms with van der Waals surface area (Å²) in [7, 11) is 1.92. The Balaban J connectivity index is 1.47. The maximum Gasteiger partial charge on any atom is 0.253 e. The molecule has 7 heteroatoms. The van der Waals surface area contributed by atoms with Crippen molar-refractivity contribution in [2.24, 2.45) is 7.05 Å². The van der Waals surface area contributed by atoms with Gasteiger partial charge < -0.3 is 15.2 Å². The molecule has 0 radical (unpaired) electrons. The van der Waals surface area contributed by atoms with E-state index in [1.807, 2.05) is 66.2 Å². The van der Waals surface area contributed by atoms with Crippen molar-refractivity contribution in [3.63, 3.8) is 0 Å². The summed E-state index contributed by atoms with van der Waals surface area (Å²) in [6.07, 6.45) is 0.0874. The van der Waals surface area contributed by atoms with E-state index in [1.165, 1.54) is 0 Å². The van der Waals surface area contributed by atoms with Crippen molar-refractivity contribution in [1.82, 2.24) is 20.2 Å². The number of nitrogens with one attached hydrogen (secondary N) is 2. The topological polar surface area (TPSA) is 76.0 Å². The summed E-state index contributed by atoms with van der Waals surface area (Å²) in [6.45, 7) is 0.296. The normalized spacial score (nSPS) is 11.8. The van der Waals surface area contributed by atoms with Crippen LogP contribution in [0.15, 0.2) is 78.9 Å². The first kappa shape index (κ1) is 21.6. The second kappa shape index (κ2) is 9.66. The zero-order chi connectivity index (χ0) is 22.5. The molecule has 1 atom stereocenters. The molecule has 0 spiro atoms. The second-order valence-electron chi connectivity index (χ2n) is 7.47. The molecule has 0 aliphatic rings. The number of benzene rings is 3. The van der Waals surface area contributed by atoms with Gasteiger partial charge in [-0.3, -0.25) is 9.59 Å². The van der Waals surface area contributed by atoms with Gasteiger partial charge in [-0.2, -0.15) is 0 Å². The Morgan fingerprint density at radius 2 is 1.66 bits per heavy atom. The SMILES string of the molecule is Cn1c(CNC(=O)CC(NC(=O)c2ccccc2Cl)c2ccccc2)nc2ccccc21. The smallest absolute Gasteiger partial charge is 0.253 e. The number of aromatic nitrogens is 2. The summed E-state index contributed by atoms with van der Waals surface area (Å²) >= 11 is 6.17. The summed E-state index contributed by atoms with van der Waals surface area (Å²) in [5.41, 5.74) is 3.10. The molecule has 32 heavy (non-hydrogen) atoms. The summed E-state index contributed by atoms with van der Waals surface area (Å²) < 4.78 is 1.96. The van der Waals surface area contributed by atoms with Gasteiger partial charge in [-0.1, -0.05) is 66.2 Å². The molecule has 0 saturated carbocycles. The number of para-hydroxylation sites is 2. The predicted molar refractivity (Wildman–Crippen MR) is 125 cm³/mol. The van der Waals surface area contributed by atoms with Crippen LogP contribution in [-0.4, -0.2) is 21.4 Å². The van der Waals surface area contributed by atoms with E-state index in [9.17, 15) is 9.59 Å². The molecular weight excluding hydrogens is 424 g/mol. The van der Waals surface area contributed by atoms with E-state index in [-0.39, 0.29) is 18.2 Å². The Hall–Kier alpha value is -3.64. The highest BCUT2D eigenvalue weighted by Gasteiger charge is 2.20. The van der Waals surface area contributed by atoms with Crippen molar-refractivity contribution in [2.75, 3.05) is 0 Å². The lowest BCUT2D eigenvalue weighted by molar-refractivity contribution is -0.121. The van der Waals surface area contributed by atoms with Crippen LogP contribution in [0.5, 0.6) is 0 Å². The summed E-state index contributed by atoms with van der Waals surface area (Å²) in [5.74, 6) is 0.244. The third-order valence-corrected chi connectivity index (χ3v) is 5.67. The van der Waals surface area contributed by atoms with Crippen LogP contribution in [0.25, 0.3) is 11.0 Å². The molecule has 0 aliphatic heterocycles. The predicted octanol–water partition coefficient (Wildman–Crippen LogP) is 4.40. The molecule has 0 fully saturated rings. The third kappa shape index (κ3) is 4.81. The molecule has 0 saturated heterocycles. The molecule has 1 unspecified atom stereocenters. The maximum atomic E-state index is 12.8. The van der Waals surface area contributed by atoms with Crippen molar-refractivity contribution in [3.05, 3.63) is 101 Å². The van der Waals surface area contributed by atoms with Crippen LogP contribution in [0.3, 0.4) is 0 Å². The maximum absolute atomic E-state index is 12.8. The van der Waals surface area contributed by atoms with Gasteiger partial charge >= 0.3 is 0 Å². The number of hydrogen-bond donors (Lipinski definition) is 2. The van der Waals surface area contributed by atoms with E-state index in [2.05, 4.69) is 15.6 Å². The molecule has 1 aromatic heterocycles. The minimum absolute atomic E-state index is 0.0874. The van der Waals surface area contributed by atoms with Crippen molar-refractivity contribution in [2.45, 2.75) is 19.0 Å². The number of rotatable bonds is 7. The third-order valence-electron chi connectivity index (χ3n) is 5.34. The van der Waals surface area contributed by atoms with Gasteiger partial charge in [-0.05, 0) is 29.8 Å². The average Bonchev–Trinajstić information content (AvgIpc) is 3.14. The first-order valence-corrected chi connectivity index (χ1v) is 10.7. The number of imidazole rings is 1. The highest BCUT2D eigenvalue weighted by atomic mass is 35.5. The Morgan fingerprint density at radius 1 is 0.969 bits per heavy atom. The molecule has 6 nitrogen and oxygen atoms in total. The van der Waals surface area contributed by atoms with Crippen LogP contribution in [0.1, 0.15) is 34.2 Å². The molecule has 1 heterocycles. The Bertz CT molecular complexity index is 1250. The monoisotopic (exact) mass is 446 g/mol. The lowest BCUT2D eigenvalue weighted by Crippen LogP contribution is -2.34. The minimum Gasteiger partial charge on any atom is -0.349 e. The lowest BCUT2D eigenvalue weighted by atomic mass is 10.0. The quantitative estimate of drug-likeness (QED) is 0.441. The molecule has 0 aliphatic carbocycles. The largest absolute Gasteiger partial charge is 0.349 e. The van der Waals surface area contributed by atoms with E-state index in [1.54, 1.807) is 24.3 Å². The highest BCUT2D eigenvalue weighted by molar-refractivity contribution is 6.33. The fourth-order valence-corrected chi connectivity index (χ4v) is 3.83. The van der Waals surface area contributed by atoms with Crippen molar-refractivity contribution < 1.29 is 9.59 Å². The number of amides is 2. The molecule has 4 aromatic rings. The molecular formula is C25H23ClN4O2. The number of halogens is 1. The number of carbonyl (C=O) groups is 2. The number of nitrogens with zero attached hydrogens (tertiary/aromatic N) is 2. The van der Waals surface area contributed by atoms with E-state index in [0.717, 1.165) is 22.4 Å². The van der Waals surface area contributed by atoms with Gasteiger partial charge in [0.15, 0.2) is 0 Å². The molecule has 3 aromatic carbocycles. The number of aryl methyl sites for hydroxylation is 1. The van der Waals surface area contributed by atoms with Crippen molar-refractivity contribution in [1.29, 1.82) is 0 Å². The van der Waals surface area contributed by atoms with Gasteiger partial charge in [0.05, 0.1) is 40.6 Å². The van der Waals surface area contributed by atoms with Crippen molar-refractivity contribution in [3.8, 4) is 0 Å². The van der Waals surface area contributed by atoms with Gasteiger partial charge in [0.2, 0.25) is 5.91 Å².